The Morgan fingerprint density at radius 2 is 1.75 bits per heavy atom. The van der Waals surface area contributed by atoms with Crippen molar-refractivity contribution in [2.45, 2.75) is 49.8 Å². The van der Waals surface area contributed by atoms with Crippen LogP contribution in [0.4, 0.5) is 4.39 Å². The largest absolute Gasteiger partial charge is 0.480 e. The molecule has 134 valence electrons. The standard InChI is InChI=1S/C16H22FNO5S/c1-4-10(2)15(16(20)21)18-14(19)9-11(3)24(22,23)13-7-5-12(17)6-8-13/h5-8,10-11,15H,4,9H2,1-3H3,(H,18,19)(H,20,21)/t10-,11?,15-/m0/s1. The van der Waals surface area contributed by atoms with Gasteiger partial charge in [-0.15, -0.1) is 0 Å². The summed E-state index contributed by atoms with van der Waals surface area (Å²) in [6.45, 7) is 4.85. The molecule has 0 fully saturated rings. The smallest absolute Gasteiger partial charge is 0.326 e. The van der Waals surface area contributed by atoms with Crippen molar-refractivity contribution in [3.8, 4) is 0 Å². The van der Waals surface area contributed by atoms with Crippen LogP contribution >= 0.6 is 0 Å². The first-order valence-corrected chi connectivity index (χ1v) is 9.15. The normalized spacial score (nSPS) is 15.3. The van der Waals surface area contributed by atoms with E-state index in [1.807, 2.05) is 0 Å². The number of rotatable bonds is 8. The van der Waals surface area contributed by atoms with E-state index in [9.17, 15) is 22.4 Å². The van der Waals surface area contributed by atoms with Crippen molar-refractivity contribution in [3.05, 3.63) is 30.1 Å². The average Bonchev–Trinajstić information content (AvgIpc) is 2.51. The van der Waals surface area contributed by atoms with Crippen molar-refractivity contribution in [3.63, 3.8) is 0 Å². The lowest BCUT2D eigenvalue weighted by Gasteiger charge is -2.21. The van der Waals surface area contributed by atoms with Crippen LogP contribution in [0.15, 0.2) is 29.2 Å². The highest BCUT2D eigenvalue weighted by atomic mass is 32.2. The number of hydrogen-bond acceptors (Lipinski definition) is 4. The highest BCUT2D eigenvalue weighted by Crippen LogP contribution is 2.19. The van der Waals surface area contributed by atoms with Gasteiger partial charge in [-0.25, -0.2) is 17.6 Å². The van der Waals surface area contributed by atoms with Crippen LogP contribution in [0.1, 0.15) is 33.6 Å². The number of aliphatic carboxylic acids is 1. The van der Waals surface area contributed by atoms with Crippen molar-refractivity contribution in [2.24, 2.45) is 5.92 Å². The molecule has 0 aromatic heterocycles. The Hall–Kier alpha value is -1.96. The molecule has 1 aromatic carbocycles. The topological polar surface area (TPSA) is 101 Å². The molecule has 24 heavy (non-hydrogen) atoms. The fraction of sp³-hybridized carbons (Fsp3) is 0.500. The van der Waals surface area contributed by atoms with E-state index in [0.717, 1.165) is 24.3 Å². The first kappa shape index (κ1) is 20.1. The summed E-state index contributed by atoms with van der Waals surface area (Å²) in [5.41, 5.74) is 0. The van der Waals surface area contributed by atoms with Gasteiger partial charge in [-0.2, -0.15) is 0 Å². The van der Waals surface area contributed by atoms with Gasteiger partial charge in [0.15, 0.2) is 9.84 Å². The molecule has 0 saturated carbocycles. The Balaban J connectivity index is 2.82. The van der Waals surface area contributed by atoms with E-state index in [-0.39, 0.29) is 17.2 Å². The molecule has 6 nitrogen and oxygen atoms in total. The zero-order valence-corrected chi connectivity index (χ0v) is 14.6. The van der Waals surface area contributed by atoms with Crippen LogP contribution in [0.3, 0.4) is 0 Å². The molecule has 1 amide bonds. The first-order chi connectivity index (χ1) is 11.1. The summed E-state index contributed by atoms with van der Waals surface area (Å²) in [5.74, 6) is -2.65. The molecule has 0 bridgehead atoms. The van der Waals surface area contributed by atoms with Crippen LogP contribution in [0.5, 0.6) is 0 Å². The number of carboxylic acids is 1. The minimum Gasteiger partial charge on any atom is -0.480 e. The van der Waals surface area contributed by atoms with Gasteiger partial charge in [0.2, 0.25) is 5.91 Å². The zero-order valence-electron chi connectivity index (χ0n) is 13.8. The molecule has 8 heteroatoms. The lowest BCUT2D eigenvalue weighted by atomic mass is 9.99. The minimum atomic E-state index is -3.81. The summed E-state index contributed by atoms with van der Waals surface area (Å²) >= 11 is 0. The third-order valence-electron chi connectivity index (χ3n) is 3.94. The van der Waals surface area contributed by atoms with Gasteiger partial charge in [0.25, 0.3) is 0 Å². The Morgan fingerprint density at radius 3 is 2.21 bits per heavy atom. The molecule has 0 aliphatic carbocycles. The summed E-state index contributed by atoms with van der Waals surface area (Å²) in [4.78, 5) is 23.1. The van der Waals surface area contributed by atoms with E-state index in [1.165, 1.54) is 6.92 Å². The Bertz CT molecular complexity index is 687. The fourth-order valence-corrected chi connectivity index (χ4v) is 3.49. The van der Waals surface area contributed by atoms with Gasteiger partial charge in [-0.05, 0) is 37.1 Å². The van der Waals surface area contributed by atoms with E-state index in [2.05, 4.69) is 5.32 Å². The second-order valence-electron chi connectivity index (χ2n) is 5.78. The van der Waals surface area contributed by atoms with Crippen LogP contribution in [0, 0.1) is 11.7 Å². The van der Waals surface area contributed by atoms with Gasteiger partial charge >= 0.3 is 5.97 Å². The monoisotopic (exact) mass is 359 g/mol. The SMILES string of the molecule is CC[C@H](C)[C@H](NC(=O)CC(C)S(=O)(=O)c1ccc(F)cc1)C(=O)O. The maximum absolute atomic E-state index is 12.9. The molecule has 0 aliphatic heterocycles. The predicted octanol–water partition coefficient (Wildman–Crippen LogP) is 1.99. The van der Waals surface area contributed by atoms with E-state index in [4.69, 9.17) is 5.11 Å². The van der Waals surface area contributed by atoms with Gasteiger partial charge in [-0.3, -0.25) is 4.79 Å². The molecular formula is C16H22FNO5S. The summed E-state index contributed by atoms with van der Waals surface area (Å²) in [6.07, 6.45) is 0.181. The van der Waals surface area contributed by atoms with Gasteiger partial charge in [0, 0.05) is 6.42 Å². The Kier molecular flexibility index (Phi) is 6.89. The summed E-state index contributed by atoms with van der Waals surface area (Å²) in [6, 6.07) is 3.27. The first-order valence-electron chi connectivity index (χ1n) is 7.61. The van der Waals surface area contributed by atoms with E-state index < -0.39 is 38.8 Å². The number of carbonyl (C=O) groups excluding carboxylic acids is 1. The number of sulfone groups is 1. The maximum atomic E-state index is 12.9. The third kappa shape index (κ3) is 5.02. The molecule has 0 heterocycles. The van der Waals surface area contributed by atoms with Gasteiger partial charge in [0.05, 0.1) is 10.1 Å². The van der Waals surface area contributed by atoms with Crippen LogP contribution < -0.4 is 5.32 Å². The van der Waals surface area contributed by atoms with Crippen LogP contribution in [0.25, 0.3) is 0 Å². The minimum absolute atomic E-state index is 0.0825. The fourth-order valence-electron chi connectivity index (χ4n) is 2.14. The molecule has 0 aliphatic rings. The Morgan fingerprint density at radius 1 is 1.21 bits per heavy atom. The Labute approximate surface area is 141 Å². The quantitative estimate of drug-likeness (QED) is 0.692. The number of carboxylic acid groups (broad SMARTS) is 1. The van der Waals surface area contributed by atoms with Gasteiger partial charge in [0.1, 0.15) is 11.9 Å². The van der Waals surface area contributed by atoms with Gasteiger partial charge in [-0.1, -0.05) is 20.3 Å². The van der Waals surface area contributed by atoms with Gasteiger partial charge < -0.3 is 10.4 Å². The van der Waals surface area contributed by atoms with Crippen molar-refractivity contribution in [2.75, 3.05) is 0 Å². The van der Waals surface area contributed by atoms with E-state index >= 15 is 0 Å². The molecule has 2 N–H and O–H groups in total. The number of benzene rings is 1. The number of amides is 1. The zero-order chi connectivity index (χ0) is 18.5. The molecule has 0 radical (unpaired) electrons. The lowest BCUT2D eigenvalue weighted by Crippen LogP contribution is -2.46. The summed E-state index contributed by atoms with van der Waals surface area (Å²) in [7, 11) is -3.81. The molecule has 0 saturated heterocycles. The van der Waals surface area contributed by atoms with Crippen molar-refractivity contribution >= 4 is 21.7 Å². The highest BCUT2D eigenvalue weighted by molar-refractivity contribution is 7.92. The van der Waals surface area contributed by atoms with Crippen LogP contribution in [0.2, 0.25) is 0 Å². The molecule has 0 spiro atoms. The second-order valence-corrected chi connectivity index (χ2v) is 8.15. The molecule has 1 unspecified atom stereocenters. The van der Waals surface area contributed by atoms with E-state index in [1.54, 1.807) is 13.8 Å². The number of nitrogens with one attached hydrogen (secondary N) is 1. The number of carbonyl (C=O) groups is 2. The number of halogens is 1. The van der Waals surface area contributed by atoms with Crippen LogP contribution in [-0.4, -0.2) is 36.7 Å². The summed E-state index contributed by atoms with van der Waals surface area (Å²) < 4.78 is 37.6. The van der Waals surface area contributed by atoms with Crippen molar-refractivity contribution in [1.29, 1.82) is 0 Å². The highest BCUT2D eigenvalue weighted by Gasteiger charge is 2.29. The second kappa shape index (κ2) is 8.23. The molecule has 1 aromatic rings. The molecule has 3 atom stereocenters. The molecular weight excluding hydrogens is 337 g/mol. The summed E-state index contributed by atoms with van der Waals surface area (Å²) in [5, 5.41) is 10.5. The molecule has 1 rings (SSSR count). The van der Waals surface area contributed by atoms with Crippen LogP contribution in [-0.2, 0) is 19.4 Å². The lowest BCUT2D eigenvalue weighted by molar-refractivity contribution is -0.143. The number of hydrogen-bond donors (Lipinski definition) is 2. The third-order valence-corrected chi connectivity index (χ3v) is 6.10. The maximum Gasteiger partial charge on any atom is 0.326 e. The predicted molar refractivity (Wildman–Crippen MR) is 86.7 cm³/mol. The average molecular weight is 359 g/mol. The van der Waals surface area contributed by atoms with E-state index in [0.29, 0.717) is 6.42 Å². The van der Waals surface area contributed by atoms with Crippen molar-refractivity contribution < 1.29 is 27.5 Å². The van der Waals surface area contributed by atoms with Crippen molar-refractivity contribution in [1.82, 2.24) is 5.32 Å².